The molecule has 2 aromatic rings. The second-order valence-corrected chi connectivity index (χ2v) is 7.84. The highest BCUT2D eigenvalue weighted by Gasteiger charge is 2.47. The molecule has 0 aliphatic carbocycles. The van der Waals surface area contributed by atoms with Crippen molar-refractivity contribution in [1.82, 2.24) is 24.8 Å². The van der Waals surface area contributed by atoms with Crippen LogP contribution in [0, 0.1) is 6.92 Å². The number of hydrogen-bond donors (Lipinski definition) is 0. The molecule has 0 radical (unpaired) electrons. The molecule has 1 aromatic heterocycles. The van der Waals surface area contributed by atoms with Gasteiger partial charge in [0.25, 0.3) is 17.7 Å². The zero-order valence-corrected chi connectivity index (χ0v) is 16.2. The first-order valence-corrected chi connectivity index (χ1v) is 9.77. The third-order valence-electron chi connectivity index (χ3n) is 5.45. The number of carbonyl (C=O) groups is 2. The highest BCUT2D eigenvalue weighted by atomic mass is 19.3. The second-order valence-electron chi connectivity index (χ2n) is 7.84. The number of benzene rings is 1. The number of likely N-dealkylation sites (tertiary alicyclic amines) is 2. The normalized spacial score (nSPS) is 21.0. The molecule has 2 aliphatic heterocycles. The van der Waals surface area contributed by atoms with Crippen LogP contribution in [0.2, 0.25) is 0 Å². The summed E-state index contributed by atoms with van der Waals surface area (Å²) in [4.78, 5) is 28.2. The van der Waals surface area contributed by atoms with Gasteiger partial charge in [-0.3, -0.25) is 9.59 Å². The quantitative estimate of drug-likeness (QED) is 0.786. The first-order valence-electron chi connectivity index (χ1n) is 9.77. The monoisotopic (exact) mass is 403 g/mol. The molecule has 2 aliphatic rings. The van der Waals surface area contributed by atoms with E-state index < -0.39 is 30.8 Å². The fraction of sp³-hybridized carbons (Fsp3) is 0.500. The van der Waals surface area contributed by atoms with Crippen molar-refractivity contribution >= 4 is 11.8 Å². The van der Waals surface area contributed by atoms with E-state index in [4.69, 9.17) is 0 Å². The van der Waals surface area contributed by atoms with E-state index in [-0.39, 0.29) is 18.1 Å². The fourth-order valence-corrected chi connectivity index (χ4v) is 4.03. The molecule has 0 N–H and O–H groups in total. The number of aryl methyl sites for hydroxylation is 1. The predicted octanol–water partition coefficient (Wildman–Crippen LogP) is 2.37. The van der Waals surface area contributed by atoms with E-state index in [0.717, 1.165) is 18.4 Å². The molecule has 0 unspecified atom stereocenters. The van der Waals surface area contributed by atoms with Crippen LogP contribution in [-0.4, -0.2) is 68.2 Å². The van der Waals surface area contributed by atoms with E-state index in [9.17, 15) is 18.4 Å². The minimum absolute atomic E-state index is 0.0629. The second kappa shape index (κ2) is 7.53. The van der Waals surface area contributed by atoms with Gasteiger partial charge in [0, 0.05) is 25.1 Å². The fourth-order valence-electron chi connectivity index (χ4n) is 4.03. The van der Waals surface area contributed by atoms with Gasteiger partial charge in [0.1, 0.15) is 0 Å². The van der Waals surface area contributed by atoms with E-state index in [0.29, 0.717) is 18.7 Å². The lowest BCUT2D eigenvalue weighted by atomic mass is 10.1. The van der Waals surface area contributed by atoms with Crippen molar-refractivity contribution in [3.05, 3.63) is 47.3 Å². The molecule has 3 heterocycles. The van der Waals surface area contributed by atoms with Crippen molar-refractivity contribution in [2.45, 2.75) is 44.7 Å². The van der Waals surface area contributed by atoms with Crippen LogP contribution in [0.1, 0.15) is 45.7 Å². The van der Waals surface area contributed by atoms with Crippen molar-refractivity contribution in [2.75, 3.05) is 19.6 Å². The van der Waals surface area contributed by atoms with E-state index in [1.165, 1.54) is 15.8 Å². The van der Waals surface area contributed by atoms with Crippen LogP contribution in [0.15, 0.2) is 30.5 Å². The van der Waals surface area contributed by atoms with Crippen molar-refractivity contribution in [1.29, 1.82) is 0 Å². The number of carbonyl (C=O) groups excluding carboxylic acids is 2. The number of alkyl halides is 2. The molecule has 2 fully saturated rings. The molecular formula is C20H23F2N5O2. The molecule has 0 saturated carbocycles. The van der Waals surface area contributed by atoms with Gasteiger partial charge >= 0.3 is 0 Å². The lowest BCUT2D eigenvalue weighted by molar-refractivity contribution is 0.0117. The predicted molar refractivity (Wildman–Crippen MR) is 101 cm³/mol. The van der Waals surface area contributed by atoms with Crippen LogP contribution >= 0.6 is 0 Å². The SMILES string of the molecule is Cc1cccc(C(=O)N2CC(F)(F)C[C@H]2Cn2cc(C(=O)N3CCCC3)nn2)c1. The van der Waals surface area contributed by atoms with Gasteiger partial charge in [-0.05, 0) is 31.9 Å². The van der Waals surface area contributed by atoms with Crippen LogP contribution in [0.25, 0.3) is 0 Å². The molecule has 2 saturated heterocycles. The first kappa shape index (κ1) is 19.5. The van der Waals surface area contributed by atoms with E-state index >= 15 is 0 Å². The molecular weight excluding hydrogens is 380 g/mol. The summed E-state index contributed by atoms with van der Waals surface area (Å²) in [5.74, 6) is -3.58. The largest absolute Gasteiger partial charge is 0.337 e. The minimum atomic E-state index is -2.96. The van der Waals surface area contributed by atoms with Crippen molar-refractivity contribution in [3.63, 3.8) is 0 Å². The molecule has 2 amide bonds. The highest BCUT2D eigenvalue weighted by Crippen LogP contribution is 2.34. The maximum absolute atomic E-state index is 14.1. The number of amides is 2. The van der Waals surface area contributed by atoms with Gasteiger partial charge in [-0.15, -0.1) is 5.10 Å². The van der Waals surface area contributed by atoms with Crippen molar-refractivity contribution in [3.8, 4) is 0 Å². The Labute approximate surface area is 167 Å². The summed E-state index contributed by atoms with van der Waals surface area (Å²) in [5, 5.41) is 7.85. The molecule has 0 spiro atoms. The number of nitrogens with zero attached hydrogens (tertiary/aromatic N) is 5. The summed E-state index contributed by atoms with van der Waals surface area (Å²) in [6.45, 7) is 2.67. The lowest BCUT2D eigenvalue weighted by Crippen LogP contribution is -2.38. The Kier molecular flexibility index (Phi) is 5.06. The summed E-state index contributed by atoms with van der Waals surface area (Å²) in [6, 6.07) is 6.18. The van der Waals surface area contributed by atoms with Gasteiger partial charge in [-0.1, -0.05) is 22.9 Å². The molecule has 154 valence electrons. The summed E-state index contributed by atoms with van der Waals surface area (Å²) < 4.78 is 29.7. The number of aromatic nitrogens is 3. The third-order valence-corrected chi connectivity index (χ3v) is 5.45. The van der Waals surface area contributed by atoms with Gasteiger partial charge in [0.2, 0.25) is 0 Å². The van der Waals surface area contributed by atoms with E-state index in [1.54, 1.807) is 23.1 Å². The number of halogens is 2. The van der Waals surface area contributed by atoms with E-state index in [2.05, 4.69) is 10.3 Å². The van der Waals surface area contributed by atoms with Crippen molar-refractivity contribution < 1.29 is 18.4 Å². The topological polar surface area (TPSA) is 71.3 Å². The molecule has 29 heavy (non-hydrogen) atoms. The molecule has 7 nitrogen and oxygen atoms in total. The van der Waals surface area contributed by atoms with Crippen LogP contribution in [-0.2, 0) is 6.54 Å². The Morgan fingerprint density at radius 2 is 1.97 bits per heavy atom. The van der Waals surface area contributed by atoms with Gasteiger partial charge in [-0.25, -0.2) is 13.5 Å². The molecule has 9 heteroatoms. The maximum atomic E-state index is 14.1. The van der Waals surface area contributed by atoms with E-state index in [1.807, 2.05) is 13.0 Å². The Morgan fingerprint density at radius 1 is 1.21 bits per heavy atom. The average Bonchev–Trinajstić information content (AvgIpc) is 3.41. The Bertz CT molecular complexity index is 923. The first-order chi connectivity index (χ1) is 13.8. The standard InChI is InChI=1S/C20H23F2N5O2/c1-14-5-4-6-15(9-14)18(28)27-13-20(21,22)10-16(27)11-26-12-17(23-24-26)19(29)25-7-2-3-8-25/h4-6,9,12,16H,2-3,7-8,10-11,13H2,1H3/t16-/m0/s1. The van der Waals surface area contributed by atoms with Crippen molar-refractivity contribution in [2.24, 2.45) is 0 Å². The number of hydrogen-bond acceptors (Lipinski definition) is 4. The Balaban J connectivity index is 1.50. The Morgan fingerprint density at radius 3 is 2.69 bits per heavy atom. The molecule has 4 rings (SSSR count). The van der Waals surface area contributed by atoms with Crippen LogP contribution in [0.5, 0.6) is 0 Å². The van der Waals surface area contributed by atoms with Crippen LogP contribution < -0.4 is 0 Å². The van der Waals surface area contributed by atoms with Gasteiger partial charge < -0.3 is 9.80 Å². The zero-order valence-electron chi connectivity index (χ0n) is 16.2. The summed E-state index contributed by atoms with van der Waals surface area (Å²) in [7, 11) is 0. The summed E-state index contributed by atoms with van der Waals surface area (Å²) in [6.07, 6.45) is 2.96. The molecule has 1 aromatic carbocycles. The van der Waals surface area contributed by atoms with Gasteiger partial charge in [0.05, 0.1) is 25.3 Å². The zero-order chi connectivity index (χ0) is 20.6. The lowest BCUT2D eigenvalue weighted by Gasteiger charge is -2.24. The molecule has 1 atom stereocenters. The molecule has 0 bridgehead atoms. The average molecular weight is 403 g/mol. The summed E-state index contributed by atoms with van der Waals surface area (Å²) >= 11 is 0. The van der Waals surface area contributed by atoms with Crippen LogP contribution in [0.3, 0.4) is 0 Å². The maximum Gasteiger partial charge on any atom is 0.276 e. The highest BCUT2D eigenvalue weighted by molar-refractivity contribution is 5.95. The minimum Gasteiger partial charge on any atom is -0.337 e. The smallest absolute Gasteiger partial charge is 0.276 e. The summed E-state index contributed by atoms with van der Waals surface area (Å²) in [5.41, 5.74) is 1.48. The third kappa shape index (κ3) is 4.13. The Hall–Kier alpha value is -2.84. The van der Waals surface area contributed by atoms with Crippen LogP contribution in [0.4, 0.5) is 8.78 Å². The van der Waals surface area contributed by atoms with Gasteiger partial charge in [0.15, 0.2) is 5.69 Å². The number of rotatable bonds is 4. The van der Waals surface area contributed by atoms with Gasteiger partial charge in [-0.2, -0.15) is 0 Å².